The first-order valence-corrected chi connectivity index (χ1v) is 10.2. The Kier molecular flexibility index (Phi) is 6.59. The lowest BCUT2D eigenvalue weighted by Gasteiger charge is -2.04. The molecule has 1 aromatic heterocycles. The van der Waals surface area contributed by atoms with Gasteiger partial charge in [-0.25, -0.2) is 4.98 Å². The third kappa shape index (κ3) is 4.40. The van der Waals surface area contributed by atoms with Crippen molar-refractivity contribution in [3.63, 3.8) is 0 Å². The second-order valence-corrected chi connectivity index (χ2v) is 7.68. The molecule has 134 valence electrons. The van der Waals surface area contributed by atoms with E-state index in [1.807, 2.05) is 54.6 Å². The number of benzene rings is 2. The number of rotatable bonds is 8. The van der Waals surface area contributed by atoms with Crippen LogP contribution in [0.1, 0.15) is 48.8 Å². The summed E-state index contributed by atoms with van der Waals surface area (Å²) in [6, 6.07) is 17.7. The number of aromatic nitrogens is 1. The van der Waals surface area contributed by atoms with E-state index in [1.54, 1.807) is 0 Å². The van der Waals surface area contributed by atoms with Crippen LogP contribution in [0.25, 0.3) is 21.7 Å². The molecule has 2 aromatic carbocycles. The molecule has 4 heteroatoms. The third-order valence-electron chi connectivity index (χ3n) is 4.29. The highest BCUT2D eigenvalue weighted by Gasteiger charge is 2.20. The fourth-order valence-electron chi connectivity index (χ4n) is 2.88. The monoisotopic (exact) mass is 383 g/mol. The predicted octanol–water partition coefficient (Wildman–Crippen LogP) is 7.28. The van der Waals surface area contributed by atoms with Crippen molar-refractivity contribution in [1.82, 2.24) is 4.98 Å². The van der Waals surface area contributed by atoms with Gasteiger partial charge in [0.1, 0.15) is 0 Å². The van der Waals surface area contributed by atoms with E-state index in [0.717, 1.165) is 34.5 Å². The average molecular weight is 384 g/mol. The molecular weight excluding hydrogens is 362 g/mol. The number of hydrogen-bond acceptors (Lipinski definition) is 3. The fraction of sp³-hybridized carbons (Fsp3) is 0.273. The molecule has 0 N–H and O–H groups in total. The van der Waals surface area contributed by atoms with Crippen LogP contribution < -0.4 is 0 Å². The summed E-state index contributed by atoms with van der Waals surface area (Å²) in [5.41, 5.74) is 2.72. The van der Waals surface area contributed by atoms with Gasteiger partial charge in [0.15, 0.2) is 10.8 Å². The largest absolute Gasteiger partial charge is 0.292 e. The normalized spacial score (nSPS) is 10.8. The van der Waals surface area contributed by atoms with E-state index in [2.05, 4.69) is 6.92 Å². The van der Waals surface area contributed by atoms with Gasteiger partial charge in [-0.05, 0) is 18.1 Å². The van der Waals surface area contributed by atoms with Crippen molar-refractivity contribution in [2.75, 3.05) is 0 Å². The van der Waals surface area contributed by atoms with Gasteiger partial charge in [0.05, 0.1) is 15.6 Å². The zero-order chi connectivity index (χ0) is 18.4. The van der Waals surface area contributed by atoms with Crippen molar-refractivity contribution < 1.29 is 4.79 Å². The SMILES string of the molecule is CCCCCCC(=O)c1nc(-c2ccccc2Cl)c(-c2ccccc2)s1. The zero-order valence-electron chi connectivity index (χ0n) is 14.9. The van der Waals surface area contributed by atoms with E-state index in [9.17, 15) is 4.79 Å². The van der Waals surface area contributed by atoms with Gasteiger partial charge in [-0.3, -0.25) is 4.79 Å². The van der Waals surface area contributed by atoms with E-state index in [1.165, 1.54) is 24.2 Å². The molecule has 0 aliphatic heterocycles. The van der Waals surface area contributed by atoms with Gasteiger partial charge < -0.3 is 0 Å². The molecular formula is C22H22ClNOS. The van der Waals surface area contributed by atoms with Gasteiger partial charge in [0.25, 0.3) is 0 Å². The second kappa shape index (κ2) is 9.11. The van der Waals surface area contributed by atoms with Gasteiger partial charge in [0.2, 0.25) is 0 Å². The lowest BCUT2D eigenvalue weighted by atomic mass is 10.1. The maximum atomic E-state index is 12.6. The number of thiazole rings is 1. The van der Waals surface area contributed by atoms with Gasteiger partial charge in [0, 0.05) is 12.0 Å². The Balaban J connectivity index is 1.96. The number of carbonyl (C=O) groups is 1. The summed E-state index contributed by atoms with van der Waals surface area (Å²) in [4.78, 5) is 18.3. The summed E-state index contributed by atoms with van der Waals surface area (Å²) in [5.74, 6) is 0.126. The highest BCUT2D eigenvalue weighted by molar-refractivity contribution is 7.17. The molecule has 26 heavy (non-hydrogen) atoms. The fourth-order valence-corrected chi connectivity index (χ4v) is 4.16. The van der Waals surface area contributed by atoms with Gasteiger partial charge in [-0.2, -0.15) is 0 Å². The van der Waals surface area contributed by atoms with E-state index < -0.39 is 0 Å². The Morgan fingerprint density at radius 1 is 1.00 bits per heavy atom. The van der Waals surface area contributed by atoms with E-state index >= 15 is 0 Å². The summed E-state index contributed by atoms with van der Waals surface area (Å²) >= 11 is 7.87. The standard InChI is InChI=1S/C22H22ClNOS/c1-2-3-4-8-15-19(25)22-24-20(17-13-9-10-14-18(17)23)21(26-22)16-11-6-5-7-12-16/h5-7,9-14H,2-4,8,15H2,1H3. The van der Waals surface area contributed by atoms with Crippen LogP contribution in [0.4, 0.5) is 0 Å². The maximum Gasteiger partial charge on any atom is 0.191 e. The van der Waals surface area contributed by atoms with Crippen LogP contribution >= 0.6 is 22.9 Å². The topological polar surface area (TPSA) is 30.0 Å². The van der Waals surface area contributed by atoms with E-state index in [4.69, 9.17) is 16.6 Å². The van der Waals surface area contributed by atoms with Crippen LogP contribution in [0.3, 0.4) is 0 Å². The van der Waals surface area contributed by atoms with Crippen molar-refractivity contribution >= 4 is 28.7 Å². The highest BCUT2D eigenvalue weighted by atomic mass is 35.5. The first-order chi connectivity index (χ1) is 12.7. The summed E-state index contributed by atoms with van der Waals surface area (Å²) in [6.07, 6.45) is 4.92. The molecule has 3 aromatic rings. The molecule has 0 aliphatic carbocycles. The Morgan fingerprint density at radius 2 is 1.73 bits per heavy atom. The minimum absolute atomic E-state index is 0.126. The smallest absolute Gasteiger partial charge is 0.191 e. The molecule has 0 unspecified atom stereocenters. The first kappa shape index (κ1) is 18.8. The number of halogens is 1. The Bertz CT molecular complexity index is 873. The molecule has 0 bridgehead atoms. The van der Waals surface area contributed by atoms with Crippen molar-refractivity contribution in [3.05, 3.63) is 64.6 Å². The summed E-state index contributed by atoms with van der Waals surface area (Å²) in [5, 5.41) is 1.23. The van der Waals surface area contributed by atoms with Crippen molar-refractivity contribution in [2.45, 2.75) is 39.0 Å². The van der Waals surface area contributed by atoms with E-state index in [0.29, 0.717) is 16.5 Å². The number of carbonyl (C=O) groups excluding carboxylic acids is 1. The molecule has 0 radical (unpaired) electrons. The Labute approximate surface area is 163 Å². The minimum Gasteiger partial charge on any atom is -0.292 e. The molecule has 0 saturated carbocycles. The Morgan fingerprint density at radius 3 is 2.46 bits per heavy atom. The molecule has 0 fully saturated rings. The number of ketones is 1. The summed E-state index contributed by atoms with van der Waals surface area (Å²) in [7, 11) is 0. The second-order valence-electron chi connectivity index (χ2n) is 6.28. The number of Topliss-reactive ketones (excluding diaryl/α,β-unsaturated/α-hetero) is 1. The predicted molar refractivity (Wildman–Crippen MR) is 111 cm³/mol. The molecule has 0 spiro atoms. The van der Waals surface area contributed by atoms with Crippen LogP contribution in [0.5, 0.6) is 0 Å². The van der Waals surface area contributed by atoms with Crippen molar-refractivity contribution in [2.24, 2.45) is 0 Å². The number of nitrogens with zero attached hydrogens (tertiary/aromatic N) is 1. The highest BCUT2D eigenvalue weighted by Crippen LogP contribution is 2.39. The number of hydrogen-bond donors (Lipinski definition) is 0. The molecule has 1 heterocycles. The van der Waals surface area contributed by atoms with Crippen molar-refractivity contribution in [3.8, 4) is 21.7 Å². The van der Waals surface area contributed by atoms with Gasteiger partial charge in [-0.1, -0.05) is 86.3 Å². The molecule has 3 rings (SSSR count). The first-order valence-electron chi connectivity index (χ1n) is 9.05. The van der Waals surface area contributed by atoms with Crippen LogP contribution in [0.2, 0.25) is 5.02 Å². The quantitative estimate of drug-likeness (QED) is 0.302. The molecule has 2 nitrogen and oxygen atoms in total. The zero-order valence-corrected chi connectivity index (χ0v) is 16.4. The van der Waals surface area contributed by atoms with Gasteiger partial charge >= 0.3 is 0 Å². The minimum atomic E-state index is 0.126. The summed E-state index contributed by atoms with van der Waals surface area (Å²) in [6.45, 7) is 2.17. The third-order valence-corrected chi connectivity index (χ3v) is 5.76. The lowest BCUT2D eigenvalue weighted by molar-refractivity contribution is 0.0979. The maximum absolute atomic E-state index is 12.6. The number of unbranched alkanes of at least 4 members (excludes halogenated alkanes) is 3. The van der Waals surface area contributed by atoms with Crippen molar-refractivity contribution in [1.29, 1.82) is 0 Å². The molecule has 0 atom stereocenters. The van der Waals surface area contributed by atoms with Crippen LogP contribution in [0.15, 0.2) is 54.6 Å². The summed E-state index contributed by atoms with van der Waals surface area (Å²) < 4.78 is 0. The van der Waals surface area contributed by atoms with Crippen LogP contribution in [-0.2, 0) is 0 Å². The Hall–Kier alpha value is -1.97. The molecule has 0 aliphatic rings. The van der Waals surface area contributed by atoms with Crippen LogP contribution in [0, 0.1) is 0 Å². The average Bonchev–Trinajstić information content (AvgIpc) is 3.11. The van der Waals surface area contributed by atoms with Crippen LogP contribution in [-0.4, -0.2) is 10.8 Å². The molecule has 0 amide bonds. The van der Waals surface area contributed by atoms with Gasteiger partial charge in [-0.15, -0.1) is 11.3 Å². The van der Waals surface area contributed by atoms with E-state index in [-0.39, 0.29) is 5.78 Å². The lowest BCUT2D eigenvalue weighted by Crippen LogP contribution is -1.98. The molecule has 0 saturated heterocycles.